The molecule has 5 rings (SSSR count). The lowest BCUT2D eigenvalue weighted by molar-refractivity contribution is 0.299. The minimum atomic E-state index is 0.0317. The number of hydrogen-bond acceptors (Lipinski definition) is 6. The summed E-state index contributed by atoms with van der Waals surface area (Å²) in [5, 5.41) is 13.9. The van der Waals surface area contributed by atoms with Gasteiger partial charge in [-0.2, -0.15) is 0 Å². The van der Waals surface area contributed by atoms with Crippen molar-refractivity contribution in [2.75, 3.05) is 11.9 Å². The van der Waals surface area contributed by atoms with Crippen LogP contribution in [0, 0.1) is 13.8 Å². The molecule has 0 saturated heterocycles. The van der Waals surface area contributed by atoms with Crippen LogP contribution in [-0.2, 0) is 6.42 Å². The molecule has 0 bridgehead atoms. The van der Waals surface area contributed by atoms with E-state index in [1.165, 1.54) is 0 Å². The van der Waals surface area contributed by atoms with Gasteiger partial charge in [-0.05, 0) is 79.8 Å². The van der Waals surface area contributed by atoms with E-state index in [9.17, 15) is 5.11 Å². The molecular formula is C29H28N4O2. The molecule has 0 amide bonds. The number of rotatable bonds is 7. The van der Waals surface area contributed by atoms with Crippen molar-refractivity contribution in [1.82, 2.24) is 15.0 Å². The van der Waals surface area contributed by atoms with Crippen molar-refractivity contribution in [3.63, 3.8) is 0 Å². The summed E-state index contributed by atoms with van der Waals surface area (Å²) in [5.74, 6) is 1.49. The third kappa shape index (κ3) is 4.93. The second kappa shape index (κ2) is 9.68. The fraction of sp³-hybridized carbons (Fsp3) is 0.207. The molecule has 6 nitrogen and oxygen atoms in total. The Labute approximate surface area is 204 Å². The lowest BCUT2D eigenvalue weighted by atomic mass is 10.00. The molecule has 176 valence electrons. The number of aliphatic hydroxyl groups is 1. The highest BCUT2D eigenvalue weighted by Gasteiger charge is 2.12. The zero-order valence-electron chi connectivity index (χ0n) is 20.1. The van der Waals surface area contributed by atoms with Crippen molar-refractivity contribution < 1.29 is 9.52 Å². The van der Waals surface area contributed by atoms with Crippen LogP contribution in [0.5, 0.6) is 0 Å². The molecule has 0 unspecified atom stereocenters. The molecule has 6 heteroatoms. The van der Waals surface area contributed by atoms with Crippen LogP contribution in [0.1, 0.15) is 35.5 Å². The number of fused-ring (bicyclic) bond motifs is 1. The molecule has 3 heterocycles. The van der Waals surface area contributed by atoms with Crippen LogP contribution < -0.4 is 5.32 Å². The van der Waals surface area contributed by atoms with Crippen molar-refractivity contribution in [2.24, 2.45) is 0 Å². The topological polar surface area (TPSA) is 84.1 Å². The Morgan fingerprint density at radius 2 is 1.83 bits per heavy atom. The summed E-state index contributed by atoms with van der Waals surface area (Å²) in [4.78, 5) is 13.6. The van der Waals surface area contributed by atoms with Crippen LogP contribution >= 0.6 is 0 Å². The lowest BCUT2D eigenvalue weighted by Gasteiger charge is -2.17. The van der Waals surface area contributed by atoms with Crippen LogP contribution in [0.2, 0.25) is 0 Å². The molecule has 0 fully saturated rings. The van der Waals surface area contributed by atoms with Gasteiger partial charge in [-0.25, -0.2) is 9.97 Å². The highest BCUT2D eigenvalue weighted by molar-refractivity contribution is 5.85. The predicted octanol–water partition coefficient (Wildman–Crippen LogP) is 6.28. The number of pyridine rings is 1. The Bertz CT molecular complexity index is 1490. The maximum Gasteiger partial charge on any atom is 0.134 e. The molecule has 0 aliphatic carbocycles. The monoisotopic (exact) mass is 464 g/mol. The van der Waals surface area contributed by atoms with E-state index in [2.05, 4.69) is 63.6 Å². The first-order valence-corrected chi connectivity index (χ1v) is 11.8. The maximum absolute atomic E-state index is 9.25. The molecule has 35 heavy (non-hydrogen) atoms. The average Bonchev–Trinajstić information content (AvgIpc) is 3.24. The fourth-order valence-corrected chi connectivity index (χ4v) is 4.31. The van der Waals surface area contributed by atoms with Gasteiger partial charge in [0.15, 0.2) is 0 Å². The molecule has 0 saturated carbocycles. The number of anilines is 1. The smallest absolute Gasteiger partial charge is 0.134 e. The van der Waals surface area contributed by atoms with Crippen molar-refractivity contribution in [3.8, 4) is 22.4 Å². The third-order valence-electron chi connectivity index (χ3n) is 6.18. The Balaban J connectivity index is 1.40. The molecule has 2 aromatic carbocycles. The summed E-state index contributed by atoms with van der Waals surface area (Å²) in [6.45, 7) is 6.19. The maximum atomic E-state index is 9.25. The second-order valence-corrected chi connectivity index (χ2v) is 8.86. The van der Waals surface area contributed by atoms with Gasteiger partial charge in [0.05, 0.1) is 12.0 Å². The Morgan fingerprint density at radius 1 is 0.943 bits per heavy atom. The third-order valence-corrected chi connectivity index (χ3v) is 6.18. The Morgan fingerprint density at radius 3 is 2.69 bits per heavy atom. The number of aromatic nitrogens is 3. The molecule has 1 atom stereocenters. The first-order valence-electron chi connectivity index (χ1n) is 11.8. The van der Waals surface area contributed by atoms with E-state index in [1.807, 2.05) is 38.2 Å². The summed E-state index contributed by atoms with van der Waals surface area (Å²) in [6.07, 6.45) is 6.04. The highest BCUT2D eigenvalue weighted by atomic mass is 16.3. The summed E-state index contributed by atoms with van der Waals surface area (Å²) in [7, 11) is 0. The largest absolute Gasteiger partial charge is 0.464 e. The van der Waals surface area contributed by atoms with Crippen LogP contribution in [0.3, 0.4) is 0 Å². The molecule has 0 aliphatic rings. The number of hydrogen-bond donors (Lipinski definition) is 2. The van der Waals surface area contributed by atoms with Crippen molar-refractivity contribution in [3.05, 3.63) is 95.8 Å². The zero-order valence-corrected chi connectivity index (χ0v) is 20.1. The Hall–Kier alpha value is -4.03. The van der Waals surface area contributed by atoms with Gasteiger partial charge in [0.2, 0.25) is 0 Å². The summed E-state index contributed by atoms with van der Waals surface area (Å²) in [6, 6.07) is 18.7. The molecule has 0 spiro atoms. The van der Waals surface area contributed by atoms with Crippen molar-refractivity contribution >= 4 is 16.8 Å². The highest BCUT2D eigenvalue weighted by Crippen LogP contribution is 2.29. The second-order valence-electron chi connectivity index (χ2n) is 8.86. The van der Waals surface area contributed by atoms with Gasteiger partial charge in [-0.15, -0.1) is 0 Å². The lowest BCUT2D eigenvalue weighted by Crippen LogP contribution is -2.09. The van der Waals surface area contributed by atoms with Gasteiger partial charge >= 0.3 is 0 Å². The van der Waals surface area contributed by atoms with Gasteiger partial charge < -0.3 is 14.8 Å². The minimum absolute atomic E-state index is 0.0317. The van der Waals surface area contributed by atoms with Gasteiger partial charge in [-0.3, -0.25) is 4.98 Å². The number of aryl methyl sites for hydroxylation is 2. The van der Waals surface area contributed by atoms with Crippen molar-refractivity contribution in [2.45, 2.75) is 33.2 Å². The Kier molecular flexibility index (Phi) is 6.29. The predicted molar refractivity (Wildman–Crippen MR) is 139 cm³/mol. The summed E-state index contributed by atoms with van der Waals surface area (Å²) in [5.41, 5.74) is 8.17. The fourth-order valence-electron chi connectivity index (χ4n) is 4.31. The van der Waals surface area contributed by atoms with Crippen LogP contribution in [0.15, 0.2) is 77.7 Å². The van der Waals surface area contributed by atoms with E-state index in [4.69, 9.17) is 4.42 Å². The molecule has 0 radical (unpaired) electrons. The molecule has 0 aliphatic heterocycles. The van der Waals surface area contributed by atoms with Gasteiger partial charge in [0, 0.05) is 47.6 Å². The molecular weight excluding hydrogens is 436 g/mol. The molecule has 2 N–H and O–H groups in total. The quantitative estimate of drug-likeness (QED) is 0.295. The van der Waals surface area contributed by atoms with Gasteiger partial charge in [0.25, 0.3) is 0 Å². The number of aliphatic hydroxyl groups excluding tert-OH is 1. The van der Waals surface area contributed by atoms with E-state index in [1.54, 1.807) is 12.5 Å². The number of benzene rings is 2. The van der Waals surface area contributed by atoms with E-state index in [0.717, 1.165) is 55.9 Å². The van der Waals surface area contributed by atoms with Gasteiger partial charge in [0.1, 0.15) is 17.2 Å². The van der Waals surface area contributed by atoms with E-state index < -0.39 is 0 Å². The average molecular weight is 465 g/mol. The molecule has 5 aromatic rings. The SMILES string of the molecule is Cc1nc(N[C@@H](C)c2cccc(-c3cncc(CCO)c3)c2)cc(-c2ccc3occ(C)c3c2)n1. The number of nitrogens with one attached hydrogen (secondary N) is 1. The standard InChI is InChI=1S/C29H28N4O2/c1-18-17-35-28-8-7-24(13-26(18)28)27-14-29(33-20(3)32-27)31-19(2)22-5-4-6-23(12-22)25-11-21(9-10-34)15-30-16-25/h4-8,11-17,19,34H,9-10H2,1-3H3,(H,31,32,33)/t19-/m0/s1. The van der Waals surface area contributed by atoms with Crippen LogP contribution in [0.25, 0.3) is 33.4 Å². The summed E-state index contributed by atoms with van der Waals surface area (Å²) >= 11 is 0. The van der Waals surface area contributed by atoms with E-state index in [0.29, 0.717) is 12.2 Å². The number of furan rings is 1. The minimum Gasteiger partial charge on any atom is -0.464 e. The zero-order chi connectivity index (χ0) is 24.4. The van der Waals surface area contributed by atoms with Gasteiger partial charge in [-0.1, -0.05) is 18.2 Å². The van der Waals surface area contributed by atoms with Crippen LogP contribution in [-0.4, -0.2) is 26.7 Å². The van der Waals surface area contributed by atoms with Crippen molar-refractivity contribution in [1.29, 1.82) is 0 Å². The molecule has 3 aromatic heterocycles. The van der Waals surface area contributed by atoms with E-state index >= 15 is 0 Å². The van der Waals surface area contributed by atoms with E-state index in [-0.39, 0.29) is 12.6 Å². The first kappa shape index (κ1) is 22.7. The van der Waals surface area contributed by atoms with Crippen LogP contribution in [0.4, 0.5) is 5.82 Å². The summed E-state index contributed by atoms with van der Waals surface area (Å²) < 4.78 is 5.59. The first-order chi connectivity index (χ1) is 17.0. The number of nitrogens with zero attached hydrogens (tertiary/aromatic N) is 3. The normalized spacial score (nSPS) is 12.1.